The summed E-state index contributed by atoms with van der Waals surface area (Å²) in [4.78, 5) is 4.24. The highest BCUT2D eigenvalue weighted by Crippen LogP contribution is 2.21. The van der Waals surface area contributed by atoms with Gasteiger partial charge >= 0.3 is 0 Å². The lowest BCUT2D eigenvalue weighted by Crippen LogP contribution is -2.29. The van der Waals surface area contributed by atoms with Crippen molar-refractivity contribution in [3.8, 4) is 0 Å². The van der Waals surface area contributed by atoms with Crippen molar-refractivity contribution in [3.63, 3.8) is 0 Å². The number of rotatable bonds is 4. The summed E-state index contributed by atoms with van der Waals surface area (Å²) in [6.07, 6.45) is 0. The molecule has 2 N–H and O–H groups in total. The minimum atomic E-state index is 0.0523. The van der Waals surface area contributed by atoms with Crippen LogP contribution in [0.5, 0.6) is 0 Å². The van der Waals surface area contributed by atoms with Crippen molar-refractivity contribution >= 4 is 16.8 Å². The van der Waals surface area contributed by atoms with Gasteiger partial charge in [-0.3, -0.25) is 0 Å². The van der Waals surface area contributed by atoms with Gasteiger partial charge in [-0.25, -0.2) is 4.98 Å². The molecule has 0 fully saturated rings. The fourth-order valence-electron chi connectivity index (χ4n) is 1.77. The van der Waals surface area contributed by atoms with Crippen molar-refractivity contribution in [1.29, 1.82) is 0 Å². The highest BCUT2D eigenvalue weighted by molar-refractivity contribution is 5.77. The van der Waals surface area contributed by atoms with Gasteiger partial charge < -0.3 is 14.8 Å². The van der Waals surface area contributed by atoms with Gasteiger partial charge in [0.2, 0.25) is 0 Å². The van der Waals surface area contributed by atoms with E-state index in [2.05, 4.69) is 24.1 Å². The standard InChI is InChI=1S/C13H18N2O2/c1-8(2)12(7-16)15-10-4-5-11-13(6-10)17-9(3)14-11/h4-6,8,12,15-16H,7H2,1-3H3. The number of nitrogens with one attached hydrogen (secondary N) is 1. The maximum atomic E-state index is 9.28. The molecule has 2 aromatic rings. The Morgan fingerprint density at radius 1 is 1.41 bits per heavy atom. The number of anilines is 1. The normalized spacial score (nSPS) is 13.2. The molecule has 0 spiro atoms. The number of hydrogen-bond acceptors (Lipinski definition) is 4. The summed E-state index contributed by atoms with van der Waals surface area (Å²) < 4.78 is 5.47. The van der Waals surface area contributed by atoms with E-state index in [0.29, 0.717) is 11.8 Å². The van der Waals surface area contributed by atoms with Crippen molar-refractivity contribution in [2.45, 2.75) is 26.8 Å². The van der Waals surface area contributed by atoms with Gasteiger partial charge in [0.25, 0.3) is 0 Å². The molecule has 0 aliphatic heterocycles. The van der Waals surface area contributed by atoms with Gasteiger partial charge in [-0.1, -0.05) is 13.8 Å². The Labute approximate surface area is 101 Å². The Morgan fingerprint density at radius 2 is 2.18 bits per heavy atom. The van der Waals surface area contributed by atoms with E-state index in [0.717, 1.165) is 16.8 Å². The first-order chi connectivity index (χ1) is 8.10. The summed E-state index contributed by atoms with van der Waals surface area (Å²) in [5, 5.41) is 12.6. The average molecular weight is 234 g/mol. The molecular weight excluding hydrogens is 216 g/mol. The van der Waals surface area contributed by atoms with E-state index in [9.17, 15) is 5.11 Å². The lowest BCUT2D eigenvalue weighted by molar-refractivity contribution is 0.249. The third kappa shape index (κ3) is 2.58. The minimum Gasteiger partial charge on any atom is -0.441 e. The van der Waals surface area contributed by atoms with E-state index in [4.69, 9.17) is 4.42 Å². The molecule has 0 aliphatic rings. The zero-order chi connectivity index (χ0) is 12.4. The first kappa shape index (κ1) is 11.9. The molecule has 17 heavy (non-hydrogen) atoms. The van der Waals surface area contributed by atoms with Crippen LogP contribution < -0.4 is 5.32 Å². The van der Waals surface area contributed by atoms with Crippen LogP contribution in [0.1, 0.15) is 19.7 Å². The third-order valence-electron chi connectivity index (χ3n) is 2.85. The fraction of sp³-hybridized carbons (Fsp3) is 0.462. The number of aromatic nitrogens is 1. The van der Waals surface area contributed by atoms with Gasteiger partial charge in [0.15, 0.2) is 11.5 Å². The molecule has 0 bridgehead atoms. The molecule has 0 saturated heterocycles. The number of aliphatic hydroxyl groups is 1. The zero-order valence-electron chi connectivity index (χ0n) is 10.4. The number of hydrogen-bond donors (Lipinski definition) is 2. The van der Waals surface area contributed by atoms with Gasteiger partial charge in [-0.05, 0) is 18.1 Å². The number of nitrogens with zero attached hydrogens (tertiary/aromatic N) is 1. The molecule has 0 radical (unpaired) electrons. The molecule has 0 saturated carbocycles. The molecule has 1 aromatic carbocycles. The summed E-state index contributed by atoms with van der Waals surface area (Å²) in [7, 11) is 0. The lowest BCUT2D eigenvalue weighted by Gasteiger charge is -2.20. The van der Waals surface area contributed by atoms with Gasteiger partial charge in [0, 0.05) is 18.7 Å². The van der Waals surface area contributed by atoms with Crippen LogP contribution >= 0.6 is 0 Å². The summed E-state index contributed by atoms with van der Waals surface area (Å²) in [5.41, 5.74) is 2.58. The molecule has 0 aliphatic carbocycles. The zero-order valence-corrected chi connectivity index (χ0v) is 10.4. The van der Waals surface area contributed by atoms with E-state index in [-0.39, 0.29) is 12.6 Å². The molecular formula is C13H18N2O2. The predicted octanol–water partition coefficient (Wildman–Crippen LogP) is 2.57. The van der Waals surface area contributed by atoms with Crippen LogP contribution in [-0.2, 0) is 0 Å². The summed E-state index contributed by atoms with van der Waals surface area (Å²) in [6.45, 7) is 6.10. The molecule has 0 amide bonds. The molecule has 92 valence electrons. The van der Waals surface area contributed by atoms with Crippen LogP contribution in [0.4, 0.5) is 5.69 Å². The Hall–Kier alpha value is -1.55. The topological polar surface area (TPSA) is 58.3 Å². The number of benzene rings is 1. The Kier molecular flexibility index (Phi) is 3.33. The first-order valence-corrected chi connectivity index (χ1v) is 5.84. The van der Waals surface area contributed by atoms with E-state index in [1.165, 1.54) is 0 Å². The van der Waals surface area contributed by atoms with Gasteiger partial charge in [-0.15, -0.1) is 0 Å². The molecule has 1 heterocycles. The molecule has 1 atom stereocenters. The largest absolute Gasteiger partial charge is 0.441 e. The van der Waals surface area contributed by atoms with Crippen LogP contribution in [0.2, 0.25) is 0 Å². The monoisotopic (exact) mass is 234 g/mol. The first-order valence-electron chi connectivity index (χ1n) is 5.84. The highest BCUT2D eigenvalue weighted by Gasteiger charge is 2.12. The molecule has 4 nitrogen and oxygen atoms in total. The van der Waals surface area contributed by atoms with Crippen LogP contribution in [0.3, 0.4) is 0 Å². The number of aliphatic hydroxyl groups excluding tert-OH is 1. The fourth-order valence-corrected chi connectivity index (χ4v) is 1.77. The Morgan fingerprint density at radius 3 is 2.82 bits per heavy atom. The minimum absolute atomic E-state index is 0.0523. The second-order valence-electron chi connectivity index (χ2n) is 4.59. The average Bonchev–Trinajstić information content (AvgIpc) is 2.64. The summed E-state index contributed by atoms with van der Waals surface area (Å²) in [6, 6.07) is 5.84. The van der Waals surface area contributed by atoms with E-state index < -0.39 is 0 Å². The van der Waals surface area contributed by atoms with Crippen LogP contribution in [-0.4, -0.2) is 22.7 Å². The molecule has 1 aromatic heterocycles. The molecule has 2 rings (SSSR count). The van der Waals surface area contributed by atoms with Crippen molar-refractivity contribution in [2.24, 2.45) is 5.92 Å². The van der Waals surface area contributed by atoms with Gasteiger partial charge in [0.1, 0.15) is 5.52 Å². The van der Waals surface area contributed by atoms with Crippen molar-refractivity contribution < 1.29 is 9.52 Å². The van der Waals surface area contributed by atoms with Crippen LogP contribution in [0.15, 0.2) is 22.6 Å². The number of aryl methyl sites for hydroxylation is 1. The smallest absolute Gasteiger partial charge is 0.192 e. The maximum Gasteiger partial charge on any atom is 0.192 e. The van der Waals surface area contributed by atoms with E-state index >= 15 is 0 Å². The second kappa shape index (κ2) is 4.75. The van der Waals surface area contributed by atoms with Gasteiger partial charge in [0.05, 0.1) is 12.6 Å². The van der Waals surface area contributed by atoms with Crippen LogP contribution in [0, 0.1) is 12.8 Å². The number of fused-ring (bicyclic) bond motifs is 1. The summed E-state index contributed by atoms with van der Waals surface area (Å²) >= 11 is 0. The Balaban J connectivity index is 2.23. The molecule has 1 unspecified atom stereocenters. The predicted molar refractivity (Wildman–Crippen MR) is 68.1 cm³/mol. The third-order valence-corrected chi connectivity index (χ3v) is 2.85. The highest BCUT2D eigenvalue weighted by atomic mass is 16.3. The van der Waals surface area contributed by atoms with Gasteiger partial charge in [-0.2, -0.15) is 0 Å². The lowest BCUT2D eigenvalue weighted by atomic mass is 10.1. The second-order valence-corrected chi connectivity index (χ2v) is 4.59. The van der Waals surface area contributed by atoms with Crippen molar-refractivity contribution in [3.05, 3.63) is 24.1 Å². The SMILES string of the molecule is Cc1nc2ccc(NC(CO)C(C)C)cc2o1. The summed E-state index contributed by atoms with van der Waals surface area (Å²) in [5.74, 6) is 1.03. The van der Waals surface area contributed by atoms with E-state index in [1.807, 2.05) is 25.1 Å². The van der Waals surface area contributed by atoms with E-state index in [1.54, 1.807) is 0 Å². The van der Waals surface area contributed by atoms with Crippen molar-refractivity contribution in [2.75, 3.05) is 11.9 Å². The van der Waals surface area contributed by atoms with Crippen molar-refractivity contribution in [1.82, 2.24) is 4.98 Å². The maximum absolute atomic E-state index is 9.28. The molecule has 4 heteroatoms. The Bertz CT molecular complexity index is 505. The quantitative estimate of drug-likeness (QED) is 0.853. The van der Waals surface area contributed by atoms with Crippen LogP contribution in [0.25, 0.3) is 11.1 Å². The number of oxazole rings is 1.